The summed E-state index contributed by atoms with van der Waals surface area (Å²) in [6, 6.07) is 51.2. The van der Waals surface area contributed by atoms with Crippen molar-refractivity contribution in [2.75, 3.05) is 0 Å². The van der Waals surface area contributed by atoms with Crippen molar-refractivity contribution < 1.29 is 0 Å². The van der Waals surface area contributed by atoms with Crippen LogP contribution in [0.2, 0.25) is 0 Å². The first-order valence-corrected chi connectivity index (χ1v) is 16.3. The Morgan fingerprint density at radius 2 is 0.565 bits per heavy atom. The summed E-state index contributed by atoms with van der Waals surface area (Å²) in [6.07, 6.45) is 0. The fourth-order valence-electron chi connectivity index (χ4n) is 9.75. The van der Waals surface area contributed by atoms with Gasteiger partial charge in [-0.3, -0.25) is 0 Å². The third-order valence-electron chi connectivity index (χ3n) is 11.6. The Balaban J connectivity index is 1.18. The van der Waals surface area contributed by atoms with Crippen LogP contribution in [0.1, 0.15) is 0 Å². The maximum Gasteiger partial charge on any atom is -0.00139 e. The van der Waals surface area contributed by atoms with Crippen LogP contribution in [-0.4, -0.2) is 0 Å². The van der Waals surface area contributed by atoms with Gasteiger partial charge in [0, 0.05) is 0 Å². The Hall–Kier alpha value is -5.98. The topological polar surface area (TPSA) is 0 Å². The molecule has 0 amide bonds. The van der Waals surface area contributed by atoms with E-state index < -0.39 is 0 Å². The molecule has 0 aromatic heterocycles. The molecule has 0 radical (unpaired) electrons. The summed E-state index contributed by atoms with van der Waals surface area (Å²) >= 11 is 0. The summed E-state index contributed by atoms with van der Waals surface area (Å²) in [7, 11) is 0. The van der Waals surface area contributed by atoms with Gasteiger partial charge < -0.3 is 0 Å². The lowest BCUT2D eigenvalue weighted by Crippen LogP contribution is -1.86. The number of rotatable bonds is 0. The molecule has 0 N–H and O–H groups in total. The highest BCUT2D eigenvalue weighted by atomic mass is 14.3. The molecular weight excluding hydrogens is 553 g/mol. The van der Waals surface area contributed by atoms with Crippen LogP contribution in [0.25, 0.3) is 130 Å². The van der Waals surface area contributed by atoms with Gasteiger partial charge in [-0.25, -0.2) is 0 Å². The molecule has 0 atom stereocenters. The van der Waals surface area contributed by atoms with Crippen LogP contribution in [0, 0.1) is 0 Å². The summed E-state index contributed by atoms with van der Waals surface area (Å²) in [5, 5.41) is 27.3. The van der Waals surface area contributed by atoms with Crippen LogP contribution >= 0.6 is 0 Å². The fourth-order valence-corrected chi connectivity index (χ4v) is 9.75. The van der Waals surface area contributed by atoms with E-state index >= 15 is 0 Å². The maximum atomic E-state index is 2.51. The van der Waals surface area contributed by atoms with Crippen molar-refractivity contribution in [1.29, 1.82) is 0 Å². The van der Waals surface area contributed by atoms with E-state index in [9.17, 15) is 0 Å². The van der Waals surface area contributed by atoms with Crippen molar-refractivity contribution >= 4 is 108 Å². The van der Waals surface area contributed by atoms with Gasteiger partial charge in [0.05, 0.1) is 0 Å². The highest BCUT2D eigenvalue weighted by molar-refractivity contribution is 6.44. The molecule has 0 aliphatic heterocycles. The largest absolute Gasteiger partial charge is 0.0616 e. The van der Waals surface area contributed by atoms with E-state index in [4.69, 9.17) is 0 Å². The summed E-state index contributed by atoms with van der Waals surface area (Å²) in [4.78, 5) is 0. The molecule has 12 aromatic carbocycles. The average Bonchev–Trinajstić information content (AvgIpc) is 3.72. The molecule has 0 saturated heterocycles. The Bertz CT molecular complexity index is 3130. The Kier molecular flexibility index (Phi) is 3.56. The second-order valence-electron chi connectivity index (χ2n) is 13.5. The molecule has 0 unspecified atom stereocenters. The standard InChI is InChI=1S/C46H22/c1-2-6-25-20-37-31-16-18-35-41-22-39-33-14-12-29-27-10-4-8-23-7-3-9-26(42(23)27)28-11-13-32(45(33)43(28)29)38(39)21-40(41)34-17-15-30(44(31)46(34)35)36(37)19-24(25)5-1/h1-22H. The van der Waals surface area contributed by atoms with Gasteiger partial charge in [0.25, 0.3) is 0 Å². The van der Waals surface area contributed by atoms with Crippen molar-refractivity contribution in [2.45, 2.75) is 0 Å². The van der Waals surface area contributed by atoms with Crippen molar-refractivity contribution in [2.24, 2.45) is 0 Å². The van der Waals surface area contributed by atoms with E-state index in [1.807, 2.05) is 0 Å². The number of hydrogen-bond donors (Lipinski definition) is 0. The number of fused-ring (bicyclic) bond motifs is 12. The van der Waals surface area contributed by atoms with Crippen LogP contribution in [0.3, 0.4) is 0 Å². The van der Waals surface area contributed by atoms with E-state index in [0.717, 1.165) is 0 Å². The molecule has 0 fully saturated rings. The normalized spacial score (nSPS) is 13.2. The zero-order valence-corrected chi connectivity index (χ0v) is 24.7. The Labute approximate surface area is 262 Å². The summed E-state index contributed by atoms with van der Waals surface area (Å²) in [6.45, 7) is 0. The lowest BCUT2D eigenvalue weighted by Gasteiger charge is -2.14. The summed E-state index contributed by atoms with van der Waals surface area (Å²) in [5.41, 5.74) is 5.47. The predicted molar refractivity (Wildman–Crippen MR) is 199 cm³/mol. The molecule has 1 aliphatic rings. The first-order valence-electron chi connectivity index (χ1n) is 16.3. The average molecular weight is 575 g/mol. The fraction of sp³-hybridized carbons (Fsp3) is 0. The molecule has 0 spiro atoms. The van der Waals surface area contributed by atoms with E-state index in [-0.39, 0.29) is 0 Å². The molecule has 46 heavy (non-hydrogen) atoms. The molecule has 1 aliphatic carbocycles. The van der Waals surface area contributed by atoms with Crippen molar-refractivity contribution in [3.63, 3.8) is 0 Å². The first kappa shape index (κ1) is 22.5. The molecule has 0 heteroatoms. The second-order valence-corrected chi connectivity index (χ2v) is 13.5. The van der Waals surface area contributed by atoms with Gasteiger partial charge in [0.2, 0.25) is 0 Å². The Morgan fingerprint density at radius 1 is 0.196 bits per heavy atom. The van der Waals surface area contributed by atoms with Crippen LogP contribution in [0.5, 0.6) is 0 Å². The van der Waals surface area contributed by atoms with Crippen LogP contribution in [0.4, 0.5) is 0 Å². The van der Waals surface area contributed by atoms with Crippen LogP contribution in [-0.2, 0) is 0 Å². The van der Waals surface area contributed by atoms with E-state index in [1.54, 1.807) is 0 Å². The smallest absolute Gasteiger partial charge is 0.00139 e. The van der Waals surface area contributed by atoms with E-state index in [2.05, 4.69) is 133 Å². The minimum absolute atomic E-state index is 1.31. The van der Waals surface area contributed by atoms with Gasteiger partial charge in [-0.15, -0.1) is 0 Å². The predicted octanol–water partition coefficient (Wildman–Crippen LogP) is 13.2. The zero-order chi connectivity index (χ0) is 29.4. The molecule has 206 valence electrons. The van der Waals surface area contributed by atoms with Gasteiger partial charge in [0.15, 0.2) is 0 Å². The molecule has 0 nitrogen and oxygen atoms in total. The van der Waals surface area contributed by atoms with Gasteiger partial charge in [0.1, 0.15) is 0 Å². The van der Waals surface area contributed by atoms with Crippen molar-refractivity contribution in [3.05, 3.63) is 133 Å². The molecule has 13 rings (SSSR count). The number of hydrogen-bond acceptors (Lipinski definition) is 0. The second kappa shape index (κ2) is 7.28. The highest BCUT2D eigenvalue weighted by Gasteiger charge is 2.26. The summed E-state index contributed by atoms with van der Waals surface area (Å²) < 4.78 is 0. The highest BCUT2D eigenvalue weighted by Crippen LogP contribution is 2.54. The summed E-state index contributed by atoms with van der Waals surface area (Å²) in [5.74, 6) is 0. The molecule has 0 saturated carbocycles. The Morgan fingerprint density at radius 3 is 1.04 bits per heavy atom. The van der Waals surface area contributed by atoms with E-state index in [0.29, 0.717) is 0 Å². The first-order chi connectivity index (χ1) is 22.8. The van der Waals surface area contributed by atoms with Crippen LogP contribution in [0.15, 0.2) is 133 Å². The minimum atomic E-state index is 1.31. The van der Waals surface area contributed by atoms with Crippen molar-refractivity contribution in [3.8, 4) is 22.3 Å². The van der Waals surface area contributed by atoms with Gasteiger partial charge >= 0.3 is 0 Å². The minimum Gasteiger partial charge on any atom is -0.0616 e. The van der Waals surface area contributed by atoms with Gasteiger partial charge in [-0.1, -0.05) is 109 Å². The van der Waals surface area contributed by atoms with Gasteiger partial charge in [-0.2, -0.15) is 0 Å². The molecule has 12 aromatic rings. The number of benzene rings is 10. The lowest BCUT2D eigenvalue weighted by atomic mass is 9.89. The lowest BCUT2D eigenvalue weighted by molar-refractivity contribution is 1.73. The third-order valence-corrected chi connectivity index (χ3v) is 11.6. The molecule has 0 heterocycles. The van der Waals surface area contributed by atoms with E-state index in [1.165, 1.54) is 130 Å². The van der Waals surface area contributed by atoms with Gasteiger partial charge in [-0.05, 0) is 154 Å². The van der Waals surface area contributed by atoms with Crippen molar-refractivity contribution in [1.82, 2.24) is 0 Å². The molecule has 0 bridgehead atoms. The monoisotopic (exact) mass is 574 g/mol. The zero-order valence-electron chi connectivity index (χ0n) is 24.7. The maximum absolute atomic E-state index is 2.51. The third kappa shape index (κ3) is 2.35. The quantitative estimate of drug-likeness (QED) is 0.125. The van der Waals surface area contributed by atoms with Crippen LogP contribution < -0.4 is 0 Å². The molecular formula is C46H22. The SMILES string of the molecule is c1ccc2cc3c(cc2c1)-c1ccc2c4cc5c(cc4c4ccc-3c1c24)c1ccc2c3cccc4cccc(c6ccc5c1c62)c43.